The first-order valence-electron chi connectivity index (χ1n) is 7.06. The molecule has 0 spiro atoms. The lowest BCUT2D eigenvalue weighted by Gasteiger charge is -2.25. The van der Waals surface area contributed by atoms with E-state index in [2.05, 4.69) is 5.32 Å². The Morgan fingerprint density at radius 1 is 1.09 bits per heavy atom. The summed E-state index contributed by atoms with van der Waals surface area (Å²) in [5.41, 5.74) is 1.90. The third kappa shape index (κ3) is 1.84. The number of hydroxylamine groups is 1. The molecule has 2 saturated heterocycles. The summed E-state index contributed by atoms with van der Waals surface area (Å²) in [4.78, 5) is 29.8. The van der Waals surface area contributed by atoms with Crippen LogP contribution in [0.4, 0.5) is 5.69 Å². The molecule has 2 aliphatic rings. The van der Waals surface area contributed by atoms with Crippen molar-refractivity contribution in [3.05, 3.63) is 54.0 Å². The van der Waals surface area contributed by atoms with Crippen LogP contribution in [0.5, 0.6) is 0 Å². The number of fused-ring (bicyclic) bond motifs is 1. The van der Waals surface area contributed by atoms with E-state index < -0.39 is 24.0 Å². The molecule has 3 heterocycles. The highest BCUT2D eigenvalue weighted by Crippen LogP contribution is 2.44. The average Bonchev–Trinajstić information content (AvgIpc) is 3.19. The van der Waals surface area contributed by atoms with Crippen LogP contribution < -0.4 is 10.4 Å². The van der Waals surface area contributed by atoms with Crippen LogP contribution in [0.2, 0.25) is 0 Å². The van der Waals surface area contributed by atoms with Gasteiger partial charge < -0.3 is 4.42 Å². The number of imide groups is 1. The highest BCUT2D eigenvalue weighted by Gasteiger charge is 2.57. The Morgan fingerprint density at radius 2 is 1.86 bits per heavy atom. The molecule has 4 rings (SSSR count). The van der Waals surface area contributed by atoms with Crippen LogP contribution >= 0.6 is 0 Å². The van der Waals surface area contributed by atoms with Crippen LogP contribution in [0.1, 0.15) is 17.4 Å². The maximum atomic E-state index is 12.1. The molecule has 1 aromatic heterocycles. The number of hydrogen-bond donors (Lipinski definition) is 1. The lowest BCUT2D eigenvalue weighted by atomic mass is 9.94. The van der Waals surface area contributed by atoms with Gasteiger partial charge in [0.25, 0.3) is 5.91 Å². The van der Waals surface area contributed by atoms with Gasteiger partial charge in [0.15, 0.2) is 6.10 Å². The zero-order valence-electron chi connectivity index (χ0n) is 11.9. The van der Waals surface area contributed by atoms with Crippen molar-refractivity contribution in [2.75, 3.05) is 5.06 Å². The number of anilines is 1. The predicted octanol–water partition coefficient (Wildman–Crippen LogP) is 1.72. The molecule has 22 heavy (non-hydrogen) atoms. The van der Waals surface area contributed by atoms with E-state index in [9.17, 15) is 9.59 Å². The van der Waals surface area contributed by atoms with Crippen molar-refractivity contribution in [2.24, 2.45) is 5.92 Å². The largest absolute Gasteiger partial charge is 0.467 e. The van der Waals surface area contributed by atoms with E-state index in [0.717, 1.165) is 11.3 Å². The molecule has 0 unspecified atom stereocenters. The van der Waals surface area contributed by atoms with E-state index in [0.29, 0.717) is 5.76 Å². The maximum Gasteiger partial charge on any atom is 0.259 e. The van der Waals surface area contributed by atoms with E-state index in [1.807, 2.05) is 31.2 Å². The fraction of sp³-hybridized carbons (Fsp3) is 0.250. The van der Waals surface area contributed by atoms with E-state index >= 15 is 0 Å². The normalized spacial score (nSPS) is 27.1. The topological polar surface area (TPSA) is 71.8 Å². The number of hydrogen-bond acceptors (Lipinski definition) is 5. The summed E-state index contributed by atoms with van der Waals surface area (Å²) in [6.45, 7) is 1.99. The van der Waals surface area contributed by atoms with Crippen molar-refractivity contribution >= 4 is 17.5 Å². The van der Waals surface area contributed by atoms with Crippen LogP contribution in [-0.4, -0.2) is 17.9 Å². The Kier molecular flexibility index (Phi) is 2.80. The number of carbonyl (C=O) groups excluding carboxylic acids is 2. The predicted molar refractivity (Wildman–Crippen MR) is 76.6 cm³/mol. The number of nitrogens with one attached hydrogen (secondary N) is 1. The van der Waals surface area contributed by atoms with Crippen LogP contribution in [0.25, 0.3) is 0 Å². The van der Waals surface area contributed by atoms with Crippen molar-refractivity contribution in [1.29, 1.82) is 0 Å². The Morgan fingerprint density at radius 3 is 2.55 bits per heavy atom. The standard InChI is InChI=1S/C16H14N2O4/c1-9-4-6-10(7-5-9)18-13(11-3-2-8-21-11)12-14(22-18)16(20)17-15(12)19/h2-8,12-14H,1H3,(H,17,19,20)/t12-,13+,14-/m1/s1. The molecule has 2 aromatic rings. The minimum atomic E-state index is -0.816. The maximum absolute atomic E-state index is 12.1. The van der Waals surface area contributed by atoms with Gasteiger partial charge in [-0.2, -0.15) is 0 Å². The monoisotopic (exact) mass is 298 g/mol. The smallest absolute Gasteiger partial charge is 0.259 e. The molecule has 6 heteroatoms. The first kappa shape index (κ1) is 13.1. The van der Waals surface area contributed by atoms with Crippen LogP contribution in [0, 0.1) is 12.8 Å². The average molecular weight is 298 g/mol. The number of benzene rings is 1. The summed E-state index contributed by atoms with van der Waals surface area (Å²) in [5, 5.41) is 3.92. The van der Waals surface area contributed by atoms with Gasteiger partial charge in [0.1, 0.15) is 17.7 Å². The second-order valence-electron chi connectivity index (χ2n) is 5.53. The van der Waals surface area contributed by atoms with Gasteiger partial charge >= 0.3 is 0 Å². The summed E-state index contributed by atoms with van der Waals surface area (Å²) in [6.07, 6.45) is 0.730. The van der Waals surface area contributed by atoms with E-state index in [1.165, 1.54) is 0 Å². The number of aryl methyl sites for hydroxylation is 1. The minimum Gasteiger partial charge on any atom is -0.467 e. The molecule has 0 aliphatic carbocycles. The van der Waals surface area contributed by atoms with Crippen molar-refractivity contribution in [3.63, 3.8) is 0 Å². The first-order chi connectivity index (χ1) is 10.6. The number of rotatable bonds is 2. The van der Waals surface area contributed by atoms with Gasteiger partial charge in [-0.05, 0) is 31.2 Å². The van der Waals surface area contributed by atoms with Crippen molar-refractivity contribution < 1.29 is 18.8 Å². The molecule has 3 atom stereocenters. The van der Waals surface area contributed by atoms with Gasteiger partial charge in [-0.25, -0.2) is 5.06 Å². The van der Waals surface area contributed by atoms with Crippen LogP contribution in [0.3, 0.4) is 0 Å². The van der Waals surface area contributed by atoms with Gasteiger partial charge in [0.2, 0.25) is 5.91 Å². The molecule has 1 N–H and O–H groups in total. The zero-order chi connectivity index (χ0) is 15.3. The quantitative estimate of drug-likeness (QED) is 0.855. The molecule has 2 aliphatic heterocycles. The van der Waals surface area contributed by atoms with Crippen molar-refractivity contribution in [1.82, 2.24) is 5.32 Å². The van der Waals surface area contributed by atoms with Crippen LogP contribution in [-0.2, 0) is 14.4 Å². The fourth-order valence-electron chi connectivity index (χ4n) is 3.00. The molecule has 0 saturated carbocycles. The first-order valence-corrected chi connectivity index (χ1v) is 7.06. The number of amides is 2. The van der Waals surface area contributed by atoms with Gasteiger partial charge in [-0.15, -0.1) is 0 Å². The van der Waals surface area contributed by atoms with Gasteiger partial charge in [0.05, 0.1) is 12.0 Å². The number of furan rings is 1. The second-order valence-corrected chi connectivity index (χ2v) is 5.53. The summed E-state index contributed by atoms with van der Waals surface area (Å²) in [6, 6.07) is 10.8. The van der Waals surface area contributed by atoms with E-state index in [-0.39, 0.29) is 5.91 Å². The molecule has 0 bridgehead atoms. The molecule has 6 nitrogen and oxygen atoms in total. The van der Waals surface area contributed by atoms with Crippen LogP contribution in [0.15, 0.2) is 47.1 Å². The lowest BCUT2D eigenvalue weighted by molar-refractivity contribution is -0.129. The second kappa shape index (κ2) is 4.71. The van der Waals surface area contributed by atoms with Gasteiger partial charge in [-0.1, -0.05) is 17.7 Å². The molecule has 1 aromatic carbocycles. The number of nitrogens with zero attached hydrogens (tertiary/aromatic N) is 1. The van der Waals surface area contributed by atoms with E-state index in [1.54, 1.807) is 23.5 Å². The molecule has 2 fully saturated rings. The molecular formula is C16H14N2O4. The Balaban J connectivity index is 1.78. The van der Waals surface area contributed by atoms with Gasteiger partial charge in [0, 0.05) is 0 Å². The Hall–Kier alpha value is -2.60. The van der Waals surface area contributed by atoms with Crippen molar-refractivity contribution in [3.8, 4) is 0 Å². The molecule has 2 amide bonds. The fourth-order valence-corrected chi connectivity index (χ4v) is 3.00. The van der Waals surface area contributed by atoms with E-state index in [4.69, 9.17) is 9.25 Å². The molecule has 112 valence electrons. The minimum absolute atomic E-state index is 0.328. The van der Waals surface area contributed by atoms with Gasteiger partial charge in [-0.3, -0.25) is 19.7 Å². The molecule has 0 radical (unpaired) electrons. The molecular weight excluding hydrogens is 284 g/mol. The lowest BCUT2D eigenvalue weighted by Crippen LogP contribution is -2.33. The number of carbonyl (C=O) groups is 2. The third-order valence-corrected chi connectivity index (χ3v) is 4.08. The zero-order valence-corrected chi connectivity index (χ0v) is 11.9. The Labute approximate surface area is 126 Å². The summed E-state index contributed by atoms with van der Waals surface area (Å²) < 4.78 is 5.47. The summed E-state index contributed by atoms with van der Waals surface area (Å²) in [5.74, 6) is -0.745. The Bertz CT molecular complexity index is 723. The third-order valence-electron chi connectivity index (χ3n) is 4.08. The summed E-state index contributed by atoms with van der Waals surface area (Å²) in [7, 11) is 0. The summed E-state index contributed by atoms with van der Waals surface area (Å²) >= 11 is 0. The van der Waals surface area contributed by atoms with Crippen molar-refractivity contribution in [2.45, 2.75) is 19.1 Å². The SMILES string of the molecule is Cc1ccc(N2O[C@H]3C(=O)NC(=O)[C@@H]3[C@@H]2c2ccco2)cc1. The highest BCUT2D eigenvalue weighted by atomic mass is 16.7. The highest BCUT2D eigenvalue weighted by molar-refractivity contribution is 6.07.